The molecule has 19 heavy (non-hydrogen) atoms. The van der Waals surface area contributed by atoms with Gasteiger partial charge in [-0.3, -0.25) is 4.90 Å². The Morgan fingerprint density at radius 3 is 2.63 bits per heavy atom. The number of carbonyl (C=O) groups excluding carboxylic acids is 1. The van der Waals surface area contributed by atoms with Gasteiger partial charge in [0, 0.05) is 12.0 Å². The van der Waals surface area contributed by atoms with Crippen LogP contribution < -0.4 is 4.90 Å². The van der Waals surface area contributed by atoms with Crippen molar-refractivity contribution < 1.29 is 13.9 Å². The summed E-state index contributed by atoms with van der Waals surface area (Å²) in [4.78, 5) is 15.6. The lowest BCUT2D eigenvalue weighted by atomic mass is 10.2. The van der Waals surface area contributed by atoms with Gasteiger partial charge in [0.2, 0.25) is 0 Å². The van der Waals surface area contributed by atoms with Crippen LogP contribution in [-0.4, -0.2) is 18.7 Å². The van der Waals surface area contributed by atoms with Crippen molar-refractivity contribution in [2.24, 2.45) is 5.11 Å². The van der Waals surface area contributed by atoms with Gasteiger partial charge in [0.25, 0.3) is 0 Å². The summed E-state index contributed by atoms with van der Waals surface area (Å²) in [6, 6.07) is 3.55. The highest BCUT2D eigenvalue weighted by molar-refractivity contribution is 5.91. The quantitative estimate of drug-likeness (QED) is 0.458. The molecule has 0 N–H and O–H groups in total. The van der Waals surface area contributed by atoms with Gasteiger partial charge in [-0.05, 0) is 44.5 Å². The largest absolute Gasteiger partial charge is 0.443 e. The van der Waals surface area contributed by atoms with Crippen LogP contribution >= 0.6 is 0 Å². The molecule has 1 amide bonds. The van der Waals surface area contributed by atoms with Gasteiger partial charge in [-0.1, -0.05) is 5.11 Å². The SMILES string of the molecule is CN(C(=O)OC(C)(C)C)c1cc(F)ccc1N=[N+]=[N-]. The molecule has 0 heterocycles. The van der Waals surface area contributed by atoms with E-state index in [9.17, 15) is 9.18 Å². The number of nitrogens with zero attached hydrogens (tertiary/aromatic N) is 4. The van der Waals surface area contributed by atoms with Crippen molar-refractivity contribution in [2.45, 2.75) is 26.4 Å². The van der Waals surface area contributed by atoms with Gasteiger partial charge in [-0.15, -0.1) is 0 Å². The molecule has 0 radical (unpaired) electrons. The zero-order chi connectivity index (χ0) is 14.6. The normalized spacial score (nSPS) is 10.6. The number of benzene rings is 1. The summed E-state index contributed by atoms with van der Waals surface area (Å²) in [7, 11) is 1.42. The van der Waals surface area contributed by atoms with Crippen LogP contribution in [0.3, 0.4) is 0 Å². The average molecular weight is 266 g/mol. The molecule has 0 spiro atoms. The van der Waals surface area contributed by atoms with E-state index in [4.69, 9.17) is 10.3 Å². The van der Waals surface area contributed by atoms with Crippen LogP contribution in [-0.2, 0) is 4.74 Å². The van der Waals surface area contributed by atoms with Gasteiger partial charge in [0.05, 0.1) is 11.4 Å². The van der Waals surface area contributed by atoms with E-state index in [1.165, 1.54) is 13.1 Å². The van der Waals surface area contributed by atoms with E-state index >= 15 is 0 Å². The summed E-state index contributed by atoms with van der Waals surface area (Å²) >= 11 is 0. The van der Waals surface area contributed by atoms with Crippen LogP contribution in [0.2, 0.25) is 0 Å². The summed E-state index contributed by atoms with van der Waals surface area (Å²) in [6.45, 7) is 5.16. The van der Waals surface area contributed by atoms with E-state index in [1.807, 2.05) is 0 Å². The number of azide groups is 1. The predicted molar refractivity (Wildman–Crippen MR) is 69.8 cm³/mol. The molecule has 1 aromatic carbocycles. The van der Waals surface area contributed by atoms with Gasteiger partial charge in [-0.2, -0.15) is 0 Å². The zero-order valence-corrected chi connectivity index (χ0v) is 11.2. The maximum atomic E-state index is 13.2. The third-order valence-electron chi connectivity index (χ3n) is 2.12. The van der Waals surface area contributed by atoms with Crippen molar-refractivity contribution in [3.8, 4) is 0 Å². The third-order valence-corrected chi connectivity index (χ3v) is 2.12. The third kappa shape index (κ3) is 4.15. The highest BCUT2D eigenvalue weighted by Crippen LogP contribution is 2.29. The Kier molecular flexibility index (Phi) is 4.34. The van der Waals surface area contributed by atoms with E-state index < -0.39 is 17.5 Å². The Balaban J connectivity index is 3.11. The molecule has 7 heteroatoms. The van der Waals surface area contributed by atoms with Crippen molar-refractivity contribution in [1.29, 1.82) is 0 Å². The number of anilines is 1. The molecule has 0 fully saturated rings. The first-order chi connectivity index (χ1) is 8.74. The van der Waals surface area contributed by atoms with E-state index in [0.29, 0.717) is 0 Å². The monoisotopic (exact) mass is 266 g/mol. The van der Waals surface area contributed by atoms with Gasteiger partial charge in [0.1, 0.15) is 11.4 Å². The number of rotatable bonds is 2. The van der Waals surface area contributed by atoms with Gasteiger partial charge < -0.3 is 4.74 Å². The molecule has 0 aliphatic carbocycles. The molecule has 1 rings (SSSR count). The van der Waals surface area contributed by atoms with Crippen LogP contribution in [0.15, 0.2) is 23.3 Å². The minimum absolute atomic E-state index is 0.145. The molecule has 0 unspecified atom stereocenters. The second-order valence-corrected chi connectivity index (χ2v) is 4.86. The summed E-state index contributed by atoms with van der Waals surface area (Å²) in [5.74, 6) is -0.540. The highest BCUT2D eigenvalue weighted by atomic mass is 19.1. The number of hydrogen-bond donors (Lipinski definition) is 0. The lowest BCUT2D eigenvalue weighted by Gasteiger charge is -2.25. The molecule has 0 saturated heterocycles. The van der Waals surface area contributed by atoms with Crippen molar-refractivity contribution in [3.05, 3.63) is 34.5 Å². The second-order valence-electron chi connectivity index (χ2n) is 4.86. The molecule has 0 saturated carbocycles. The Hall–Kier alpha value is -2.27. The van der Waals surface area contributed by atoms with Gasteiger partial charge in [-0.25, -0.2) is 9.18 Å². The number of hydrogen-bond acceptors (Lipinski definition) is 3. The molecule has 0 atom stereocenters. The Morgan fingerprint density at radius 2 is 2.11 bits per heavy atom. The van der Waals surface area contributed by atoms with E-state index in [0.717, 1.165) is 17.0 Å². The number of ether oxygens (including phenoxy) is 1. The Labute approximate surface area is 110 Å². The fourth-order valence-corrected chi connectivity index (χ4v) is 1.33. The van der Waals surface area contributed by atoms with Gasteiger partial charge in [0.15, 0.2) is 0 Å². The first-order valence-electron chi connectivity index (χ1n) is 5.56. The van der Waals surface area contributed by atoms with E-state index in [2.05, 4.69) is 10.0 Å². The van der Waals surface area contributed by atoms with Gasteiger partial charge >= 0.3 is 6.09 Å². The first kappa shape index (κ1) is 14.8. The number of carbonyl (C=O) groups is 1. The summed E-state index contributed by atoms with van der Waals surface area (Å²) < 4.78 is 18.4. The molecule has 102 valence electrons. The molecule has 1 aromatic rings. The Bertz CT molecular complexity index is 533. The van der Waals surface area contributed by atoms with Crippen LogP contribution in [0.5, 0.6) is 0 Å². The van der Waals surface area contributed by atoms with Crippen LogP contribution in [0.4, 0.5) is 20.6 Å². The van der Waals surface area contributed by atoms with Crippen molar-refractivity contribution in [3.63, 3.8) is 0 Å². The Morgan fingerprint density at radius 1 is 1.47 bits per heavy atom. The molecular weight excluding hydrogens is 251 g/mol. The summed E-state index contributed by atoms with van der Waals surface area (Å²) in [5.41, 5.74) is 8.08. The maximum Gasteiger partial charge on any atom is 0.414 e. The van der Waals surface area contributed by atoms with Crippen LogP contribution in [0.1, 0.15) is 20.8 Å². The van der Waals surface area contributed by atoms with E-state index in [1.54, 1.807) is 20.8 Å². The molecular formula is C12H15FN4O2. The maximum absolute atomic E-state index is 13.2. The molecule has 6 nitrogen and oxygen atoms in total. The summed E-state index contributed by atoms with van der Waals surface area (Å²) in [5, 5.41) is 3.41. The highest BCUT2D eigenvalue weighted by Gasteiger charge is 2.22. The zero-order valence-electron chi connectivity index (χ0n) is 11.2. The molecule has 0 aliphatic heterocycles. The first-order valence-corrected chi connectivity index (χ1v) is 5.56. The van der Waals surface area contributed by atoms with Crippen LogP contribution in [0.25, 0.3) is 10.4 Å². The minimum atomic E-state index is -0.669. The van der Waals surface area contributed by atoms with Crippen molar-refractivity contribution in [1.82, 2.24) is 0 Å². The molecule has 0 bridgehead atoms. The standard InChI is InChI=1S/C12H15FN4O2/c1-12(2,3)19-11(18)17(4)10-7-8(13)5-6-9(10)15-16-14/h5-7H,1-4H3. The molecule has 0 aliphatic rings. The van der Waals surface area contributed by atoms with Crippen molar-refractivity contribution >= 4 is 17.5 Å². The smallest absolute Gasteiger partial charge is 0.414 e. The number of halogens is 1. The fraction of sp³-hybridized carbons (Fsp3) is 0.417. The summed E-state index contributed by atoms with van der Waals surface area (Å²) in [6.07, 6.45) is -0.660. The predicted octanol–water partition coefficient (Wildman–Crippen LogP) is 4.14. The lowest BCUT2D eigenvalue weighted by Crippen LogP contribution is -2.34. The van der Waals surface area contributed by atoms with Crippen LogP contribution in [0, 0.1) is 5.82 Å². The van der Waals surface area contributed by atoms with E-state index in [-0.39, 0.29) is 11.4 Å². The number of amides is 1. The topological polar surface area (TPSA) is 78.3 Å². The fourth-order valence-electron chi connectivity index (χ4n) is 1.33. The molecule has 0 aromatic heterocycles. The average Bonchev–Trinajstić information content (AvgIpc) is 2.28. The second kappa shape index (κ2) is 5.58. The minimum Gasteiger partial charge on any atom is -0.443 e. The lowest BCUT2D eigenvalue weighted by molar-refractivity contribution is 0.0589. The van der Waals surface area contributed by atoms with Crippen molar-refractivity contribution in [2.75, 3.05) is 11.9 Å².